The molecule has 0 aliphatic carbocycles. The first-order chi connectivity index (χ1) is 8.10. The Balaban J connectivity index is -0.000000439. The van der Waals surface area contributed by atoms with Gasteiger partial charge in [0.15, 0.2) is 0 Å². The fourth-order valence-corrected chi connectivity index (χ4v) is 0.836. The number of hydrogen-bond acceptors (Lipinski definition) is 3. The Kier molecular flexibility index (Phi) is 22.0. The van der Waals surface area contributed by atoms with Crippen LogP contribution in [0.3, 0.4) is 0 Å². The summed E-state index contributed by atoms with van der Waals surface area (Å²) in [5, 5.41) is 2.69. The normalized spacial score (nSPS) is 10.1. The molecule has 0 aromatic heterocycles. The van der Waals surface area contributed by atoms with Crippen molar-refractivity contribution in [3.8, 4) is 0 Å². The first-order valence-electron chi connectivity index (χ1n) is 6.61. The van der Waals surface area contributed by atoms with Gasteiger partial charge in [-0.05, 0) is 6.92 Å². The molecule has 0 aromatic carbocycles. The van der Waals surface area contributed by atoms with E-state index in [2.05, 4.69) is 5.32 Å². The second kappa shape index (κ2) is 17.5. The summed E-state index contributed by atoms with van der Waals surface area (Å²) >= 11 is 0. The third-order valence-electron chi connectivity index (χ3n) is 1.79. The van der Waals surface area contributed by atoms with Crippen molar-refractivity contribution in [1.82, 2.24) is 5.32 Å². The lowest BCUT2D eigenvalue weighted by molar-refractivity contribution is -0.125. The van der Waals surface area contributed by atoms with Crippen LogP contribution in [0.15, 0.2) is 0 Å². The van der Waals surface area contributed by atoms with Gasteiger partial charge in [-0.1, -0.05) is 34.6 Å². The highest BCUT2D eigenvalue weighted by Gasteiger charge is 2.07. The third-order valence-corrected chi connectivity index (χ3v) is 1.79. The first-order valence-corrected chi connectivity index (χ1v) is 6.61. The Labute approximate surface area is 106 Å². The number of carbonyl (C=O) groups is 2. The van der Waals surface area contributed by atoms with Crippen molar-refractivity contribution < 1.29 is 9.59 Å². The van der Waals surface area contributed by atoms with Gasteiger partial charge in [-0.25, -0.2) is 0 Å². The quantitative estimate of drug-likeness (QED) is 0.755. The van der Waals surface area contributed by atoms with E-state index in [1.54, 1.807) is 6.92 Å². The minimum atomic E-state index is -0.0975. The molecule has 1 unspecified atom stereocenters. The van der Waals surface area contributed by atoms with Crippen molar-refractivity contribution in [2.75, 3.05) is 6.54 Å². The number of rotatable bonds is 6. The van der Waals surface area contributed by atoms with E-state index in [-0.39, 0.29) is 24.2 Å². The summed E-state index contributed by atoms with van der Waals surface area (Å²) in [4.78, 5) is 22.0. The highest BCUT2D eigenvalue weighted by atomic mass is 16.2. The molecule has 1 amide bonds. The lowest BCUT2D eigenvalue weighted by atomic mass is 10.1. The highest BCUT2D eigenvalue weighted by Crippen LogP contribution is 1.94. The van der Waals surface area contributed by atoms with Gasteiger partial charge in [-0.15, -0.1) is 0 Å². The number of ketones is 1. The average Bonchev–Trinajstić information content (AvgIpc) is 2.40. The first kappa shape index (κ1) is 21.4. The second-order valence-electron chi connectivity index (χ2n) is 3.10. The number of amides is 1. The topological polar surface area (TPSA) is 72.2 Å². The summed E-state index contributed by atoms with van der Waals surface area (Å²) in [5.74, 6) is 0.0234. The molecule has 4 nitrogen and oxygen atoms in total. The smallest absolute Gasteiger partial charge is 0.220 e. The van der Waals surface area contributed by atoms with Crippen LogP contribution < -0.4 is 11.1 Å². The molecular weight excluding hydrogens is 216 g/mol. The van der Waals surface area contributed by atoms with E-state index in [0.717, 1.165) is 0 Å². The molecule has 0 radical (unpaired) electrons. The van der Waals surface area contributed by atoms with E-state index in [1.165, 1.54) is 0 Å². The van der Waals surface area contributed by atoms with Crippen LogP contribution in [-0.4, -0.2) is 24.3 Å². The Morgan fingerprint density at radius 2 is 1.59 bits per heavy atom. The lowest BCUT2D eigenvalue weighted by Crippen LogP contribution is -2.37. The van der Waals surface area contributed by atoms with E-state index in [0.29, 0.717) is 19.4 Å². The van der Waals surface area contributed by atoms with Crippen LogP contribution in [0.25, 0.3) is 0 Å². The van der Waals surface area contributed by atoms with E-state index in [4.69, 9.17) is 5.73 Å². The zero-order chi connectivity index (χ0) is 14.3. The van der Waals surface area contributed by atoms with Crippen LogP contribution in [0.5, 0.6) is 0 Å². The van der Waals surface area contributed by atoms with Crippen molar-refractivity contribution in [3.63, 3.8) is 0 Å². The SMILES string of the molecule is CC.CC.CCC(=O)CCC(=O)NC(C)CN. The molecule has 0 aliphatic rings. The molecule has 0 rings (SSSR count). The predicted octanol–water partition coefficient (Wildman–Crippen LogP) is 2.26. The lowest BCUT2D eigenvalue weighted by Gasteiger charge is -2.10. The number of hydrogen-bond donors (Lipinski definition) is 2. The number of carbonyl (C=O) groups excluding carboxylic acids is 2. The molecule has 104 valence electrons. The molecule has 0 spiro atoms. The van der Waals surface area contributed by atoms with Crippen LogP contribution in [0.4, 0.5) is 0 Å². The van der Waals surface area contributed by atoms with Gasteiger partial charge in [-0.2, -0.15) is 0 Å². The maximum absolute atomic E-state index is 11.1. The zero-order valence-corrected chi connectivity index (χ0v) is 12.3. The maximum Gasteiger partial charge on any atom is 0.220 e. The molecule has 1 atom stereocenters. The van der Waals surface area contributed by atoms with Gasteiger partial charge >= 0.3 is 0 Å². The Hall–Kier alpha value is -0.900. The number of nitrogens with two attached hydrogens (primary N) is 1. The van der Waals surface area contributed by atoms with Gasteiger partial charge < -0.3 is 11.1 Å². The van der Waals surface area contributed by atoms with Crippen molar-refractivity contribution in [1.29, 1.82) is 0 Å². The number of Topliss-reactive ketones (excluding diaryl/α,β-unsaturated/α-hetero) is 1. The zero-order valence-electron chi connectivity index (χ0n) is 12.3. The molecular formula is C13H30N2O2. The highest BCUT2D eigenvalue weighted by molar-refractivity contribution is 5.84. The van der Waals surface area contributed by atoms with Crippen molar-refractivity contribution in [2.24, 2.45) is 5.73 Å². The summed E-state index contributed by atoms with van der Waals surface area (Å²) < 4.78 is 0. The Morgan fingerprint density at radius 3 is 1.94 bits per heavy atom. The van der Waals surface area contributed by atoms with Crippen LogP contribution in [0.1, 0.15) is 60.8 Å². The summed E-state index contributed by atoms with van der Waals surface area (Å²) in [6, 6.07) is -0.00997. The van der Waals surface area contributed by atoms with Crippen molar-refractivity contribution in [2.45, 2.75) is 66.8 Å². The van der Waals surface area contributed by atoms with Crippen molar-refractivity contribution in [3.05, 3.63) is 0 Å². The molecule has 17 heavy (non-hydrogen) atoms. The van der Waals surface area contributed by atoms with Gasteiger partial charge in [-0.3, -0.25) is 9.59 Å². The minimum Gasteiger partial charge on any atom is -0.352 e. The molecule has 0 bridgehead atoms. The third kappa shape index (κ3) is 17.7. The van der Waals surface area contributed by atoms with Gasteiger partial charge in [0.1, 0.15) is 5.78 Å². The maximum atomic E-state index is 11.1. The van der Waals surface area contributed by atoms with Gasteiger partial charge in [0.2, 0.25) is 5.91 Å². The molecule has 0 saturated carbocycles. The standard InChI is InChI=1S/C9H18N2O2.2C2H6/c1-3-8(12)4-5-9(13)11-7(2)6-10;2*1-2/h7H,3-6,10H2,1-2H3,(H,11,13);2*1-2H3. The summed E-state index contributed by atoms with van der Waals surface area (Å²) in [7, 11) is 0. The average molecular weight is 246 g/mol. The predicted molar refractivity (Wildman–Crippen MR) is 73.9 cm³/mol. The molecule has 0 heterocycles. The molecule has 0 aliphatic heterocycles. The van der Waals surface area contributed by atoms with Crippen LogP contribution in [-0.2, 0) is 9.59 Å². The van der Waals surface area contributed by atoms with Crippen molar-refractivity contribution >= 4 is 11.7 Å². The number of nitrogens with one attached hydrogen (secondary N) is 1. The molecule has 4 heteroatoms. The van der Waals surface area contributed by atoms with E-state index in [9.17, 15) is 9.59 Å². The molecule has 0 saturated heterocycles. The molecule has 0 fully saturated rings. The molecule has 3 N–H and O–H groups in total. The van der Waals surface area contributed by atoms with Crippen LogP contribution >= 0.6 is 0 Å². The van der Waals surface area contributed by atoms with Gasteiger partial charge in [0, 0.05) is 31.8 Å². The van der Waals surface area contributed by atoms with E-state index < -0.39 is 0 Å². The van der Waals surface area contributed by atoms with Crippen LogP contribution in [0.2, 0.25) is 0 Å². The fourth-order valence-electron chi connectivity index (χ4n) is 0.836. The summed E-state index contributed by atoms with van der Waals surface area (Å²) in [6.45, 7) is 12.1. The Bertz CT molecular complexity index is 182. The van der Waals surface area contributed by atoms with Gasteiger partial charge in [0.05, 0.1) is 0 Å². The fraction of sp³-hybridized carbons (Fsp3) is 0.846. The van der Waals surface area contributed by atoms with E-state index in [1.807, 2.05) is 34.6 Å². The van der Waals surface area contributed by atoms with Crippen LogP contribution in [0, 0.1) is 0 Å². The Morgan fingerprint density at radius 1 is 1.12 bits per heavy atom. The summed E-state index contributed by atoms with van der Waals surface area (Å²) in [6.07, 6.45) is 1.11. The second-order valence-corrected chi connectivity index (χ2v) is 3.10. The van der Waals surface area contributed by atoms with E-state index >= 15 is 0 Å². The molecule has 0 aromatic rings. The minimum absolute atomic E-state index is 0.00997. The summed E-state index contributed by atoms with van der Waals surface area (Å²) in [5.41, 5.74) is 5.32. The van der Waals surface area contributed by atoms with Gasteiger partial charge in [0.25, 0.3) is 0 Å². The largest absolute Gasteiger partial charge is 0.352 e. The monoisotopic (exact) mass is 246 g/mol.